The average Bonchev–Trinajstić information content (AvgIpc) is 2.55. The zero-order valence-corrected chi connectivity index (χ0v) is 14.9. The molecule has 2 nitrogen and oxygen atoms in total. The first kappa shape index (κ1) is 18.2. The summed E-state index contributed by atoms with van der Waals surface area (Å²) < 4.78 is 6.23. The molecule has 0 heterocycles. The first-order valence-electron chi connectivity index (χ1n) is 8.99. The molecule has 1 aliphatic carbocycles. The van der Waals surface area contributed by atoms with Crippen LogP contribution in [0.2, 0.25) is 0 Å². The molecule has 128 valence electrons. The van der Waals surface area contributed by atoms with Crippen molar-refractivity contribution >= 4 is 0 Å². The highest BCUT2D eigenvalue weighted by molar-refractivity contribution is 5.13. The van der Waals surface area contributed by atoms with Gasteiger partial charge in [-0.1, -0.05) is 82.5 Å². The molecule has 2 rings (SSSR count). The third-order valence-corrected chi connectivity index (χ3v) is 4.77. The van der Waals surface area contributed by atoms with Crippen molar-refractivity contribution in [1.82, 2.24) is 0 Å². The van der Waals surface area contributed by atoms with Gasteiger partial charge in [0.1, 0.15) is 0 Å². The average molecular weight is 316 g/mol. The molecule has 0 aliphatic heterocycles. The Hall–Kier alpha value is -1.12. The second kappa shape index (κ2) is 8.65. The molecule has 0 spiro atoms. The smallest absolute Gasteiger partial charge is 0.0789 e. The van der Waals surface area contributed by atoms with Crippen LogP contribution in [-0.4, -0.2) is 17.3 Å². The number of aliphatic hydroxyl groups is 1. The van der Waals surface area contributed by atoms with E-state index in [2.05, 4.69) is 39.0 Å². The molecule has 1 aromatic carbocycles. The van der Waals surface area contributed by atoms with Crippen molar-refractivity contribution < 1.29 is 9.84 Å². The molecule has 0 radical (unpaired) electrons. The van der Waals surface area contributed by atoms with Gasteiger partial charge in [0, 0.05) is 0 Å². The molecule has 1 saturated carbocycles. The molecule has 1 aromatic rings. The molecular weight excluding hydrogens is 284 g/mol. The summed E-state index contributed by atoms with van der Waals surface area (Å²) in [6.45, 7) is 6.81. The first-order chi connectivity index (χ1) is 11.0. The van der Waals surface area contributed by atoms with Crippen LogP contribution in [0.1, 0.15) is 58.4 Å². The fourth-order valence-electron chi connectivity index (χ4n) is 3.08. The molecule has 0 aromatic heterocycles. The van der Waals surface area contributed by atoms with Crippen molar-refractivity contribution in [2.75, 3.05) is 0 Å². The van der Waals surface area contributed by atoms with E-state index in [1.807, 2.05) is 24.3 Å². The zero-order valence-electron chi connectivity index (χ0n) is 14.9. The van der Waals surface area contributed by atoms with Gasteiger partial charge >= 0.3 is 0 Å². The fourth-order valence-corrected chi connectivity index (χ4v) is 3.08. The van der Waals surface area contributed by atoms with Gasteiger partial charge in [0.05, 0.1) is 18.8 Å². The normalized spacial score (nSPS) is 19.8. The minimum Gasteiger partial charge on any atom is -0.388 e. The largest absolute Gasteiger partial charge is 0.388 e. The van der Waals surface area contributed by atoms with Crippen molar-refractivity contribution in [1.29, 1.82) is 0 Å². The molecule has 1 aliphatic rings. The van der Waals surface area contributed by atoms with Crippen LogP contribution in [0.5, 0.6) is 0 Å². The Balaban J connectivity index is 2.00. The summed E-state index contributed by atoms with van der Waals surface area (Å²) in [5.41, 5.74) is 1.07. The van der Waals surface area contributed by atoms with E-state index in [1.54, 1.807) is 0 Å². The monoisotopic (exact) mass is 316 g/mol. The summed E-state index contributed by atoms with van der Waals surface area (Å²) in [5.74, 6) is 0.580. The lowest BCUT2D eigenvalue weighted by Gasteiger charge is -2.29. The van der Waals surface area contributed by atoms with Gasteiger partial charge in [0.25, 0.3) is 0 Å². The number of aliphatic hydroxyl groups excluding tert-OH is 1. The van der Waals surface area contributed by atoms with Crippen LogP contribution >= 0.6 is 0 Å². The van der Waals surface area contributed by atoms with E-state index in [-0.39, 0.29) is 11.5 Å². The topological polar surface area (TPSA) is 29.5 Å². The predicted molar refractivity (Wildman–Crippen MR) is 96.2 cm³/mol. The molecule has 1 N–H and O–H groups in total. The van der Waals surface area contributed by atoms with Crippen LogP contribution in [0.3, 0.4) is 0 Å². The van der Waals surface area contributed by atoms with E-state index in [0.29, 0.717) is 12.5 Å². The summed E-state index contributed by atoms with van der Waals surface area (Å²) in [7, 11) is 0. The van der Waals surface area contributed by atoms with Gasteiger partial charge in [-0.25, -0.2) is 0 Å². The molecular formula is C21H32O2. The summed E-state index contributed by atoms with van der Waals surface area (Å²) in [4.78, 5) is 0. The van der Waals surface area contributed by atoms with E-state index < -0.39 is 6.10 Å². The van der Waals surface area contributed by atoms with E-state index in [1.165, 1.54) is 37.7 Å². The minimum atomic E-state index is -0.436. The summed E-state index contributed by atoms with van der Waals surface area (Å²) >= 11 is 0. The Morgan fingerprint density at radius 1 is 1.09 bits per heavy atom. The van der Waals surface area contributed by atoms with Gasteiger partial charge in [0.2, 0.25) is 0 Å². The van der Waals surface area contributed by atoms with Crippen LogP contribution in [0, 0.1) is 11.3 Å². The Kier molecular flexibility index (Phi) is 6.86. The van der Waals surface area contributed by atoms with Gasteiger partial charge < -0.3 is 9.84 Å². The fraction of sp³-hybridized carbons (Fsp3) is 0.619. The molecule has 0 bridgehead atoms. The van der Waals surface area contributed by atoms with E-state index in [4.69, 9.17) is 4.74 Å². The maximum atomic E-state index is 10.3. The van der Waals surface area contributed by atoms with E-state index in [9.17, 15) is 5.11 Å². The number of benzene rings is 1. The van der Waals surface area contributed by atoms with Crippen LogP contribution in [0.25, 0.3) is 0 Å². The Morgan fingerprint density at radius 3 is 2.35 bits per heavy atom. The van der Waals surface area contributed by atoms with Crippen LogP contribution < -0.4 is 0 Å². The van der Waals surface area contributed by atoms with Gasteiger partial charge in [-0.15, -0.1) is 0 Å². The van der Waals surface area contributed by atoms with E-state index >= 15 is 0 Å². The highest BCUT2D eigenvalue weighted by atomic mass is 16.5. The standard InChI is InChI=1S/C21H32O2/c1-21(2,3)20(22)15-14-19(18-12-8-5-9-13-18)23-16-17-10-6-4-7-11-17/h4,6-7,10-11,14-15,18-20,22H,5,8-9,12-13,16H2,1-3H3/b15-14+/t19-,20+/m0/s1. The van der Waals surface area contributed by atoms with Gasteiger partial charge in [-0.05, 0) is 29.7 Å². The van der Waals surface area contributed by atoms with Crippen LogP contribution in [-0.2, 0) is 11.3 Å². The second-order valence-corrected chi connectivity index (χ2v) is 7.86. The number of rotatable bonds is 6. The predicted octanol–water partition coefficient (Wildman–Crippen LogP) is 5.12. The number of hydrogen-bond acceptors (Lipinski definition) is 2. The summed E-state index contributed by atoms with van der Waals surface area (Å²) in [5, 5.41) is 10.3. The maximum absolute atomic E-state index is 10.3. The van der Waals surface area contributed by atoms with E-state index in [0.717, 1.165) is 0 Å². The highest BCUT2D eigenvalue weighted by Gasteiger charge is 2.24. The molecule has 23 heavy (non-hydrogen) atoms. The van der Waals surface area contributed by atoms with Crippen molar-refractivity contribution in [3.05, 3.63) is 48.0 Å². The lowest BCUT2D eigenvalue weighted by Crippen LogP contribution is -2.27. The Bertz CT molecular complexity index is 466. The molecule has 2 heteroatoms. The maximum Gasteiger partial charge on any atom is 0.0789 e. The van der Waals surface area contributed by atoms with Crippen molar-refractivity contribution in [3.63, 3.8) is 0 Å². The number of ether oxygens (including phenoxy) is 1. The van der Waals surface area contributed by atoms with Crippen LogP contribution in [0.4, 0.5) is 0 Å². The quantitative estimate of drug-likeness (QED) is 0.739. The lowest BCUT2D eigenvalue weighted by molar-refractivity contribution is 0.0192. The van der Waals surface area contributed by atoms with Gasteiger partial charge in [-0.2, -0.15) is 0 Å². The van der Waals surface area contributed by atoms with Gasteiger partial charge in [-0.3, -0.25) is 0 Å². The second-order valence-electron chi connectivity index (χ2n) is 7.86. The van der Waals surface area contributed by atoms with Gasteiger partial charge in [0.15, 0.2) is 0 Å². The van der Waals surface area contributed by atoms with Crippen molar-refractivity contribution in [3.8, 4) is 0 Å². The Labute approximate surface area is 141 Å². The molecule has 0 saturated heterocycles. The molecule has 0 amide bonds. The SMILES string of the molecule is CC(C)(C)[C@H](O)/C=C/[C@H](OCc1ccccc1)C1CCCCC1. The minimum absolute atomic E-state index is 0.104. The Morgan fingerprint density at radius 2 is 1.74 bits per heavy atom. The third kappa shape index (κ3) is 6.12. The molecule has 1 fully saturated rings. The first-order valence-corrected chi connectivity index (χ1v) is 8.99. The third-order valence-electron chi connectivity index (χ3n) is 4.77. The van der Waals surface area contributed by atoms with Crippen molar-refractivity contribution in [2.24, 2.45) is 11.3 Å². The summed E-state index contributed by atoms with van der Waals surface area (Å²) in [6.07, 6.45) is 10.1. The summed E-state index contributed by atoms with van der Waals surface area (Å²) in [6, 6.07) is 10.3. The van der Waals surface area contributed by atoms with Crippen LogP contribution in [0.15, 0.2) is 42.5 Å². The highest BCUT2D eigenvalue weighted by Crippen LogP contribution is 2.30. The molecule has 2 atom stereocenters. The van der Waals surface area contributed by atoms with Crippen molar-refractivity contribution in [2.45, 2.75) is 71.7 Å². The molecule has 0 unspecified atom stereocenters. The zero-order chi connectivity index (χ0) is 16.7. The lowest BCUT2D eigenvalue weighted by atomic mass is 9.84. The number of hydrogen-bond donors (Lipinski definition) is 1.